The molecule has 100 valence electrons. The van der Waals surface area contributed by atoms with E-state index in [1.807, 2.05) is 18.4 Å². The number of benzene rings is 1. The first-order valence-electron chi connectivity index (χ1n) is 5.33. The molecule has 0 bridgehead atoms. The van der Waals surface area contributed by atoms with Crippen LogP contribution in [-0.2, 0) is 0 Å². The number of hydrogen-bond donors (Lipinski definition) is 1. The minimum Gasteiger partial charge on any atom is -0.493 e. The van der Waals surface area contributed by atoms with Gasteiger partial charge in [0.05, 0.1) is 7.11 Å². The lowest BCUT2D eigenvalue weighted by Crippen LogP contribution is -2.00. The summed E-state index contributed by atoms with van der Waals surface area (Å²) in [6.45, 7) is 0. The van der Waals surface area contributed by atoms with Crippen molar-refractivity contribution in [2.75, 3.05) is 19.1 Å². The fourth-order valence-corrected chi connectivity index (χ4v) is 2.06. The highest BCUT2D eigenvalue weighted by Crippen LogP contribution is 2.37. The van der Waals surface area contributed by atoms with Gasteiger partial charge in [-0.25, -0.2) is 9.97 Å². The van der Waals surface area contributed by atoms with Gasteiger partial charge in [0.1, 0.15) is 0 Å². The molecule has 1 heterocycles. The van der Waals surface area contributed by atoms with Crippen LogP contribution in [0.1, 0.15) is 0 Å². The predicted molar refractivity (Wildman–Crippen MR) is 76.3 cm³/mol. The summed E-state index contributed by atoms with van der Waals surface area (Å²) in [5.41, 5.74) is 5.82. The minimum atomic E-state index is 0.169. The Hall–Kier alpha value is -1.66. The second kappa shape index (κ2) is 5.99. The lowest BCUT2D eigenvalue weighted by Gasteiger charge is -2.12. The van der Waals surface area contributed by atoms with Crippen LogP contribution >= 0.6 is 23.4 Å². The molecule has 0 fully saturated rings. The maximum atomic E-state index is 6.05. The first-order chi connectivity index (χ1) is 9.15. The van der Waals surface area contributed by atoms with Crippen LogP contribution < -0.4 is 15.2 Å². The van der Waals surface area contributed by atoms with Crippen molar-refractivity contribution in [1.29, 1.82) is 0 Å². The van der Waals surface area contributed by atoms with Crippen molar-refractivity contribution < 1.29 is 9.47 Å². The van der Waals surface area contributed by atoms with Crippen molar-refractivity contribution in [1.82, 2.24) is 9.97 Å². The van der Waals surface area contributed by atoms with E-state index in [-0.39, 0.29) is 16.7 Å². The quantitative estimate of drug-likeness (QED) is 0.531. The Bertz CT molecular complexity index is 572. The van der Waals surface area contributed by atoms with E-state index in [9.17, 15) is 0 Å². The van der Waals surface area contributed by atoms with E-state index in [0.29, 0.717) is 16.7 Å². The molecule has 1 aromatic carbocycles. The highest BCUT2D eigenvalue weighted by molar-refractivity contribution is 7.98. The van der Waals surface area contributed by atoms with E-state index in [2.05, 4.69) is 9.97 Å². The van der Waals surface area contributed by atoms with Crippen LogP contribution in [0.4, 0.5) is 5.82 Å². The third-order valence-corrected chi connectivity index (χ3v) is 3.10. The molecule has 1 aromatic heterocycles. The van der Waals surface area contributed by atoms with Gasteiger partial charge in [-0.2, -0.15) is 0 Å². The molecule has 0 aliphatic carbocycles. The number of aromatic nitrogens is 2. The van der Waals surface area contributed by atoms with Crippen molar-refractivity contribution in [3.63, 3.8) is 0 Å². The average Bonchev–Trinajstić information content (AvgIpc) is 2.43. The predicted octanol–water partition coefficient (Wildman–Crippen LogP) is 3.24. The molecule has 0 aliphatic heterocycles. The zero-order chi connectivity index (χ0) is 13.8. The van der Waals surface area contributed by atoms with Crippen molar-refractivity contribution in [3.05, 3.63) is 29.4 Å². The summed E-state index contributed by atoms with van der Waals surface area (Å²) in [6, 6.07) is 7.18. The van der Waals surface area contributed by atoms with Crippen molar-refractivity contribution in [2.24, 2.45) is 0 Å². The summed E-state index contributed by atoms with van der Waals surface area (Å²) in [5.74, 6) is 1.49. The molecular weight excluding hydrogens is 286 g/mol. The number of methoxy groups -OCH3 is 1. The lowest BCUT2D eigenvalue weighted by molar-refractivity contribution is 0.378. The van der Waals surface area contributed by atoms with Crippen molar-refractivity contribution >= 4 is 29.2 Å². The first kappa shape index (κ1) is 13.8. The van der Waals surface area contributed by atoms with E-state index in [1.54, 1.807) is 19.2 Å². The number of hydrogen-bond acceptors (Lipinski definition) is 6. The van der Waals surface area contributed by atoms with Crippen LogP contribution in [-0.4, -0.2) is 23.3 Å². The van der Waals surface area contributed by atoms with Gasteiger partial charge < -0.3 is 15.2 Å². The topological polar surface area (TPSA) is 70.3 Å². The molecule has 0 radical (unpaired) electrons. The molecule has 0 spiro atoms. The molecule has 7 heteroatoms. The number of para-hydroxylation sites is 2. The minimum absolute atomic E-state index is 0.169. The number of nitrogens with two attached hydrogens (primary N) is 1. The van der Waals surface area contributed by atoms with E-state index < -0.39 is 0 Å². The van der Waals surface area contributed by atoms with E-state index in [1.165, 1.54) is 11.8 Å². The van der Waals surface area contributed by atoms with Gasteiger partial charge >= 0.3 is 0 Å². The second-order valence-electron chi connectivity index (χ2n) is 3.47. The molecule has 0 saturated carbocycles. The van der Waals surface area contributed by atoms with Crippen LogP contribution in [0, 0.1) is 0 Å². The van der Waals surface area contributed by atoms with E-state index in [4.69, 9.17) is 26.8 Å². The third kappa shape index (κ3) is 3.02. The summed E-state index contributed by atoms with van der Waals surface area (Å²) in [4.78, 5) is 8.16. The van der Waals surface area contributed by atoms with Crippen LogP contribution in [0.25, 0.3) is 0 Å². The number of anilines is 1. The number of nitrogen functional groups attached to an aromatic ring is 1. The molecule has 19 heavy (non-hydrogen) atoms. The van der Waals surface area contributed by atoms with Gasteiger partial charge in [-0.05, 0) is 18.4 Å². The number of rotatable bonds is 4. The van der Waals surface area contributed by atoms with Gasteiger partial charge in [-0.15, -0.1) is 0 Å². The number of ether oxygens (including phenoxy) is 2. The molecule has 0 aliphatic rings. The van der Waals surface area contributed by atoms with Gasteiger partial charge in [0.25, 0.3) is 0 Å². The Morgan fingerprint density at radius 2 is 1.89 bits per heavy atom. The Morgan fingerprint density at radius 1 is 1.21 bits per heavy atom. The van der Waals surface area contributed by atoms with Gasteiger partial charge in [0.2, 0.25) is 5.75 Å². The Balaban J connectivity index is 2.38. The molecule has 0 atom stereocenters. The maximum Gasteiger partial charge on any atom is 0.206 e. The van der Waals surface area contributed by atoms with Gasteiger partial charge in [0.15, 0.2) is 27.6 Å². The summed E-state index contributed by atoms with van der Waals surface area (Å²) in [5, 5.41) is 0.664. The summed E-state index contributed by atoms with van der Waals surface area (Å²) in [6.07, 6.45) is 1.84. The lowest BCUT2D eigenvalue weighted by atomic mass is 10.3. The Kier molecular flexibility index (Phi) is 4.34. The fraction of sp³-hybridized carbons (Fsp3) is 0.167. The fourth-order valence-electron chi connectivity index (χ4n) is 1.42. The van der Waals surface area contributed by atoms with E-state index in [0.717, 1.165) is 0 Å². The number of thioether (sulfide) groups is 1. The molecular formula is C12H12ClN3O2S. The van der Waals surface area contributed by atoms with Crippen LogP contribution in [0.2, 0.25) is 5.15 Å². The molecule has 0 saturated heterocycles. The van der Waals surface area contributed by atoms with Gasteiger partial charge in [-0.1, -0.05) is 35.5 Å². The second-order valence-corrected chi connectivity index (χ2v) is 4.60. The molecule has 5 nitrogen and oxygen atoms in total. The Labute approximate surface area is 120 Å². The summed E-state index contributed by atoms with van der Waals surface area (Å²) >= 11 is 7.40. The zero-order valence-electron chi connectivity index (χ0n) is 10.4. The average molecular weight is 298 g/mol. The van der Waals surface area contributed by atoms with Gasteiger partial charge in [-0.3, -0.25) is 0 Å². The standard InChI is InChI=1S/C12H12ClN3O2S/c1-17-7-5-3-4-6-8(7)18-9-10(13)15-12(19-2)16-11(9)14/h3-6H,1-2H3,(H2,14,15,16). The smallest absolute Gasteiger partial charge is 0.206 e. The van der Waals surface area contributed by atoms with Crippen LogP contribution in [0.15, 0.2) is 29.4 Å². The summed E-state index contributed by atoms with van der Waals surface area (Å²) < 4.78 is 10.8. The Morgan fingerprint density at radius 3 is 2.47 bits per heavy atom. The normalized spacial score (nSPS) is 10.3. The van der Waals surface area contributed by atoms with E-state index >= 15 is 0 Å². The SMILES string of the molecule is COc1ccccc1Oc1c(N)nc(SC)nc1Cl. The molecule has 2 aromatic rings. The molecule has 0 amide bonds. The zero-order valence-corrected chi connectivity index (χ0v) is 12.0. The number of nitrogens with zero attached hydrogens (tertiary/aromatic N) is 2. The largest absolute Gasteiger partial charge is 0.493 e. The van der Waals surface area contributed by atoms with Crippen molar-refractivity contribution in [3.8, 4) is 17.2 Å². The maximum absolute atomic E-state index is 6.05. The van der Waals surface area contributed by atoms with Gasteiger partial charge in [0, 0.05) is 0 Å². The third-order valence-electron chi connectivity index (χ3n) is 2.29. The van der Waals surface area contributed by atoms with Crippen LogP contribution in [0.3, 0.4) is 0 Å². The van der Waals surface area contributed by atoms with Crippen LogP contribution in [0.5, 0.6) is 17.2 Å². The highest BCUT2D eigenvalue weighted by atomic mass is 35.5. The highest BCUT2D eigenvalue weighted by Gasteiger charge is 2.14. The summed E-state index contributed by atoms with van der Waals surface area (Å²) in [7, 11) is 1.56. The molecule has 0 unspecified atom stereocenters. The number of halogens is 1. The molecule has 2 N–H and O–H groups in total. The monoisotopic (exact) mass is 297 g/mol. The first-order valence-corrected chi connectivity index (χ1v) is 6.94. The van der Waals surface area contributed by atoms with Crippen molar-refractivity contribution in [2.45, 2.75) is 5.16 Å². The molecule has 2 rings (SSSR count).